The van der Waals surface area contributed by atoms with Gasteiger partial charge in [-0.15, -0.1) is 0 Å². The van der Waals surface area contributed by atoms with Gasteiger partial charge in [0.1, 0.15) is 0 Å². The summed E-state index contributed by atoms with van der Waals surface area (Å²) in [7, 11) is 1.75. The Bertz CT molecular complexity index is 590. The number of piperazine rings is 1. The van der Waals surface area contributed by atoms with Crippen molar-refractivity contribution in [3.8, 4) is 0 Å². The molecule has 21 heavy (non-hydrogen) atoms. The van der Waals surface area contributed by atoms with E-state index in [4.69, 9.17) is 0 Å². The number of carbonyl (C=O) groups is 1. The summed E-state index contributed by atoms with van der Waals surface area (Å²) in [5.74, 6) is 0.231. The summed E-state index contributed by atoms with van der Waals surface area (Å²) in [6, 6.07) is 5.29. The minimum atomic E-state index is -0.375. The first-order valence-corrected chi connectivity index (χ1v) is 7.10. The van der Waals surface area contributed by atoms with E-state index in [-0.39, 0.29) is 22.6 Å². The number of non-ortho nitro benzene ring substituents is 1. The lowest BCUT2D eigenvalue weighted by atomic mass is 10.1. The Kier molecular flexibility index (Phi) is 3.40. The fourth-order valence-electron chi connectivity index (χ4n) is 3.13. The minimum absolute atomic E-state index is 0.0850. The van der Waals surface area contributed by atoms with Gasteiger partial charge in [0.25, 0.3) is 5.69 Å². The normalized spacial score (nSPS) is 21.4. The van der Waals surface area contributed by atoms with E-state index >= 15 is 0 Å². The molecule has 112 valence electrons. The van der Waals surface area contributed by atoms with Crippen LogP contribution in [0.2, 0.25) is 0 Å². The van der Waals surface area contributed by atoms with E-state index in [1.165, 1.54) is 6.07 Å². The molecule has 1 atom stereocenters. The van der Waals surface area contributed by atoms with Gasteiger partial charge in [0.05, 0.1) is 4.92 Å². The Morgan fingerprint density at radius 1 is 1.33 bits per heavy atom. The summed E-state index contributed by atoms with van der Waals surface area (Å²) in [6.07, 6.45) is 1.50. The smallest absolute Gasteiger partial charge is 0.273 e. The molecule has 1 aromatic carbocycles. The van der Waals surface area contributed by atoms with Gasteiger partial charge in [-0.05, 0) is 12.5 Å². The van der Waals surface area contributed by atoms with Crippen molar-refractivity contribution >= 4 is 23.0 Å². The summed E-state index contributed by atoms with van der Waals surface area (Å²) in [5, 5.41) is 14.0. The Labute approximate surface area is 122 Å². The van der Waals surface area contributed by atoms with Gasteiger partial charge in [0.15, 0.2) is 0 Å². The second-order valence-corrected chi connectivity index (χ2v) is 5.47. The molecule has 1 aromatic rings. The highest BCUT2D eigenvalue weighted by molar-refractivity contribution is 5.79. The lowest BCUT2D eigenvalue weighted by molar-refractivity contribution is -0.384. The maximum atomic E-state index is 11.7. The highest BCUT2D eigenvalue weighted by Crippen LogP contribution is 2.30. The molecule has 2 heterocycles. The SMILES string of the molecule is CNc1cc(N2CCN3C(=O)CCC3C2)cc([N+](=O)[O-])c1. The minimum Gasteiger partial charge on any atom is -0.388 e. The second kappa shape index (κ2) is 5.23. The molecule has 1 amide bonds. The number of rotatable bonds is 3. The predicted molar refractivity (Wildman–Crippen MR) is 79.6 cm³/mol. The zero-order chi connectivity index (χ0) is 15.0. The topological polar surface area (TPSA) is 78.7 Å². The van der Waals surface area contributed by atoms with Crippen LogP contribution in [0.5, 0.6) is 0 Å². The molecular weight excluding hydrogens is 272 g/mol. The third-order valence-electron chi connectivity index (χ3n) is 4.26. The summed E-state index contributed by atoms with van der Waals surface area (Å²) < 4.78 is 0. The maximum Gasteiger partial charge on any atom is 0.273 e. The number of fused-ring (bicyclic) bond motifs is 1. The number of anilines is 2. The summed E-state index contributed by atoms with van der Waals surface area (Å²) >= 11 is 0. The molecule has 2 saturated heterocycles. The van der Waals surface area contributed by atoms with E-state index < -0.39 is 0 Å². The number of nitrogens with zero attached hydrogens (tertiary/aromatic N) is 3. The number of hydrogen-bond donors (Lipinski definition) is 1. The van der Waals surface area contributed by atoms with E-state index in [0.29, 0.717) is 19.5 Å². The number of nitro benzene ring substituents is 1. The van der Waals surface area contributed by atoms with Crippen molar-refractivity contribution < 1.29 is 9.72 Å². The Morgan fingerprint density at radius 3 is 2.86 bits per heavy atom. The number of carbonyl (C=O) groups excluding carboxylic acids is 1. The molecule has 0 saturated carbocycles. The molecule has 0 bridgehead atoms. The maximum absolute atomic E-state index is 11.7. The van der Waals surface area contributed by atoms with Gasteiger partial charge in [-0.3, -0.25) is 14.9 Å². The molecule has 7 heteroatoms. The van der Waals surface area contributed by atoms with Crippen LogP contribution in [0.4, 0.5) is 17.1 Å². The molecule has 0 radical (unpaired) electrons. The van der Waals surface area contributed by atoms with Gasteiger partial charge < -0.3 is 15.1 Å². The highest BCUT2D eigenvalue weighted by atomic mass is 16.6. The van der Waals surface area contributed by atoms with Crippen LogP contribution in [0, 0.1) is 10.1 Å². The van der Waals surface area contributed by atoms with Gasteiger partial charge in [-0.2, -0.15) is 0 Å². The molecule has 3 rings (SSSR count). The quantitative estimate of drug-likeness (QED) is 0.673. The van der Waals surface area contributed by atoms with Crippen molar-refractivity contribution in [3.05, 3.63) is 28.3 Å². The van der Waals surface area contributed by atoms with Gasteiger partial charge in [0.2, 0.25) is 5.91 Å². The largest absolute Gasteiger partial charge is 0.388 e. The van der Waals surface area contributed by atoms with Gasteiger partial charge >= 0.3 is 0 Å². The first-order chi connectivity index (χ1) is 10.1. The van der Waals surface area contributed by atoms with E-state index in [0.717, 1.165) is 24.3 Å². The first kappa shape index (κ1) is 13.7. The molecule has 2 aliphatic rings. The fraction of sp³-hybridized carbons (Fsp3) is 0.500. The molecule has 1 unspecified atom stereocenters. The van der Waals surface area contributed by atoms with Crippen molar-refractivity contribution in [2.24, 2.45) is 0 Å². The van der Waals surface area contributed by atoms with Crippen LogP contribution in [0.15, 0.2) is 18.2 Å². The third kappa shape index (κ3) is 2.51. The number of nitro groups is 1. The summed E-state index contributed by atoms with van der Waals surface area (Å²) in [6.45, 7) is 2.16. The molecule has 2 fully saturated rings. The van der Waals surface area contributed by atoms with Crippen LogP contribution in [-0.2, 0) is 4.79 Å². The fourth-order valence-corrected chi connectivity index (χ4v) is 3.13. The zero-order valence-corrected chi connectivity index (χ0v) is 11.9. The Hall–Kier alpha value is -2.31. The van der Waals surface area contributed by atoms with Gasteiger partial charge in [-0.25, -0.2) is 0 Å². The Morgan fingerprint density at radius 2 is 2.14 bits per heavy atom. The molecule has 1 N–H and O–H groups in total. The van der Waals surface area contributed by atoms with Crippen molar-refractivity contribution in [1.82, 2.24) is 4.90 Å². The number of amides is 1. The van der Waals surface area contributed by atoms with E-state index in [1.807, 2.05) is 11.0 Å². The number of nitrogens with one attached hydrogen (secondary N) is 1. The van der Waals surface area contributed by atoms with Crippen molar-refractivity contribution in [2.75, 3.05) is 36.9 Å². The standard InChI is InChI=1S/C14H18N4O3/c1-15-10-6-12(8-13(7-10)18(20)21)16-4-5-17-11(9-16)2-3-14(17)19/h6-8,11,15H,2-5,9H2,1H3. The monoisotopic (exact) mass is 290 g/mol. The lowest BCUT2D eigenvalue weighted by Gasteiger charge is -2.38. The van der Waals surface area contributed by atoms with Crippen molar-refractivity contribution in [1.29, 1.82) is 0 Å². The third-order valence-corrected chi connectivity index (χ3v) is 4.26. The Balaban J connectivity index is 1.85. The number of hydrogen-bond acceptors (Lipinski definition) is 5. The molecular formula is C14H18N4O3. The van der Waals surface area contributed by atoms with Crippen molar-refractivity contribution in [2.45, 2.75) is 18.9 Å². The zero-order valence-electron chi connectivity index (χ0n) is 11.9. The molecule has 0 spiro atoms. The number of benzene rings is 1. The summed E-state index contributed by atoms with van der Waals surface area (Å²) in [5.41, 5.74) is 1.65. The molecule has 0 aromatic heterocycles. The average molecular weight is 290 g/mol. The van der Waals surface area contributed by atoms with Crippen LogP contribution < -0.4 is 10.2 Å². The lowest BCUT2D eigenvalue weighted by Crippen LogP contribution is -2.51. The van der Waals surface area contributed by atoms with E-state index in [9.17, 15) is 14.9 Å². The molecule has 2 aliphatic heterocycles. The van der Waals surface area contributed by atoms with Crippen LogP contribution in [-0.4, -0.2) is 48.5 Å². The highest BCUT2D eigenvalue weighted by Gasteiger charge is 2.35. The van der Waals surface area contributed by atoms with Crippen LogP contribution in [0.1, 0.15) is 12.8 Å². The second-order valence-electron chi connectivity index (χ2n) is 5.47. The first-order valence-electron chi connectivity index (χ1n) is 7.10. The van der Waals surface area contributed by atoms with Gasteiger partial charge in [-0.1, -0.05) is 0 Å². The summed E-state index contributed by atoms with van der Waals surface area (Å²) in [4.78, 5) is 26.4. The van der Waals surface area contributed by atoms with Crippen LogP contribution in [0.3, 0.4) is 0 Å². The van der Waals surface area contributed by atoms with Gasteiger partial charge in [0, 0.05) is 62.7 Å². The average Bonchev–Trinajstić information content (AvgIpc) is 2.87. The molecule has 7 nitrogen and oxygen atoms in total. The van der Waals surface area contributed by atoms with Crippen LogP contribution >= 0.6 is 0 Å². The van der Waals surface area contributed by atoms with Crippen LogP contribution in [0.25, 0.3) is 0 Å². The van der Waals surface area contributed by atoms with E-state index in [2.05, 4.69) is 10.2 Å². The molecule has 0 aliphatic carbocycles. The van der Waals surface area contributed by atoms with E-state index in [1.54, 1.807) is 13.1 Å². The predicted octanol–water partition coefficient (Wildman–Crippen LogP) is 1.45. The van der Waals surface area contributed by atoms with Crippen molar-refractivity contribution in [3.63, 3.8) is 0 Å².